The number of sulfone groups is 1. The SMILES string of the molecule is COc1cccc(OC)c1-n1c(CS(=O)(=O)CCn2c(C)nc3ccccc32)nnc1-c1ccco1. The van der Waals surface area contributed by atoms with Crippen molar-refractivity contribution >= 4 is 20.9 Å². The minimum Gasteiger partial charge on any atom is -0.494 e. The van der Waals surface area contributed by atoms with Crippen LogP contribution in [-0.2, 0) is 22.1 Å². The Morgan fingerprint density at radius 2 is 1.69 bits per heavy atom. The molecule has 5 rings (SSSR count). The van der Waals surface area contributed by atoms with Crippen molar-refractivity contribution in [2.24, 2.45) is 0 Å². The number of hydrogen-bond acceptors (Lipinski definition) is 8. The molecule has 0 aliphatic carbocycles. The summed E-state index contributed by atoms with van der Waals surface area (Å²) in [6, 6.07) is 16.4. The normalized spacial score (nSPS) is 11.8. The van der Waals surface area contributed by atoms with Crippen molar-refractivity contribution in [3.63, 3.8) is 0 Å². The molecule has 0 amide bonds. The monoisotopic (exact) mass is 507 g/mol. The van der Waals surface area contributed by atoms with Gasteiger partial charge in [-0.05, 0) is 43.3 Å². The molecule has 0 N–H and O–H groups in total. The zero-order chi connectivity index (χ0) is 25.3. The number of hydrogen-bond donors (Lipinski definition) is 0. The maximum Gasteiger partial charge on any atom is 0.204 e. The van der Waals surface area contributed by atoms with Gasteiger partial charge in [0, 0.05) is 6.54 Å². The Balaban J connectivity index is 1.53. The molecule has 0 bridgehead atoms. The van der Waals surface area contributed by atoms with Crippen LogP contribution in [0.1, 0.15) is 11.6 Å². The molecule has 0 saturated heterocycles. The lowest BCUT2D eigenvalue weighted by atomic mass is 10.2. The molecule has 2 aromatic carbocycles. The predicted molar refractivity (Wildman–Crippen MR) is 134 cm³/mol. The van der Waals surface area contributed by atoms with Gasteiger partial charge in [0.05, 0.1) is 37.3 Å². The van der Waals surface area contributed by atoms with E-state index < -0.39 is 9.84 Å². The molecule has 0 spiro atoms. The number of ether oxygens (including phenoxy) is 2. The van der Waals surface area contributed by atoms with Crippen molar-refractivity contribution in [3.05, 3.63) is 72.5 Å². The van der Waals surface area contributed by atoms with E-state index >= 15 is 0 Å². The second-order valence-corrected chi connectivity index (χ2v) is 10.3. The van der Waals surface area contributed by atoms with Crippen molar-refractivity contribution in [3.8, 4) is 28.8 Å². The molecule has 0 fully saturated rings. The quantitative estimate of drug-likeness (QED) is 0.296. The molecule has 0 saturated carbocycles. The highest BCUT2D eigenvalue weighted by atomic mass is 32.2. The summed E-state index contributed by atoms with van der Waals surface area (Å²) in [5, 5.41) is 8.50. The number of aromatic nitrogens is 5. The molecule has 0 unspecified atom stereocenters. The van der Waals surface area contributed by atoms with Gasteiger partial charge in [-0.1, -0.05) is 18.2 Å². The van der Waals surface area contributed by atoms with Crippen molar-refractivity contribution in [1.82, 2.24) is 24.3 Å². The number of nitrogens with zero attached hydrogens (tertiary/aromatic N) is 5. The maximum absolute atomic E-state index is 13.3. The molecule has 0 radical (unpaired) electrons. The lowest BCUT2D eigenvalue weighted by Gasteiger charge is -2.17. The number of furan rings is 1. The van der Waals surface area contributed by atoms with Crippen LogP contribution in [0.5, 0.6) is 11.5 Å². The van der Waals surface area contributed by atoms with Crippen LogP contribution in [0.2, 0.25) is 0 Å². The highest BCUT2D eigenvalue weighted by Crippen LogP contribution is 2.36. The summed E-state index contributed by atoms with van der Waals surface area (Å²) in [4.78, 5) is 4.53. The van der Waals surface area contributed by atoms with E-state index in [1.54, 1.807) is 34.9 Å². The van der Waals surface area contributed by atoms with E-state index in [1.807, 2.05) is 35.8 Å². The third kappa shape index (κ3) is 4.33. The molecule has 0 aliphatic rings. The number of rotatable bonds is 9. The Bertz CT molecular complexity index is 1600. The standard InChI is InChI=1S/C25H25N5O5S/c1-17-26-18-8-4-5-9-19(18)29(17)13-15-36(31,32)16-23-27-28-25(22-12-7-14-35-22)30(23)24-20(33-2)10-6-11-21(24)34-3/h4-12,14H,13,15-16H2,1-3H3. The molecule has 186 valence electrons. The smallest absolute Gasteiger partial charge is 0.204 e. The fourth-order valence-corrected chi connectivity index (χ4v) is 5.43. The summed E-state index contributed by atoms with van der Waals surface area (Å²) in [6.45, 7) is 2.14. The fraction of sp³-hybridized carbons (Fsp3) is 0.240. The zero-order valence-corrected chi connectivity index (χ0v) is 20.9. The summed E-state index contributed by atoms with van der Waals surface area (Å²) in [5.74, 6) is 2.25. The molecule has 3 heterocycles. The Morgan fingerprint density at radius 1 is 0.944 bits per heavy atom. The zero-order valence-electron chi connectivity index (χ0n) is 20.1. The van der Waals surface area contributed by atoms with E-state index in [9.17, 15) is 8.42 Å². The van der Waals surface area contributed by atoms with Crippen LogP contribution in [0.25, 0.3) is 28.3 Å². The molecule has 5 aromatic rings. The molecular formula is C25H25N5O5S. The van der Waals surface area contributed by atoms with Gasteiger partial charge in [0.2, 0.25) is 5.82 Å². The topological polar surface area (TPSA) is 114 Å². The average Bonchev–Trinajstić information content (AvgIpc) is 3.60. The van der Waals surface area contributed by atoms with Gasteiger partial charge in [-0.3, -0.25) is 4.57 Å². The van der Waals surface area contributed by atoms with Gasteiger partial charge in [-0.15, -0.1) is 10.2 Å². The third-order valence-electron chi connectivity index (χ3n) is 5.92. The maximum atomic E-state index is 13.3. The Morgan fingerprint density at radius 3 is 2.39 bits per heavy atom. The van der Waals surface area contributed by atoms with Crippen molar-refractivity contribution in [2.45, 2.75) is 19.2 Å². The van der Waals surface area contributed by atoms with E-state index in [0.29, 0.717) is 28.8 Å². The Hall–Kier alpha value is -4.12. The van der Waals surface area contributed by atoms with E-state index in [-0.39, 0.29) is 23.9 Å². The second kappa shape index (κ2) is 9.50. The van der Waals surface area contributed by atoms with Gasteiger partial charge in [0.25, 0.3) is 0 Å². The van der Waals surface area contributed by atoms with Gasteiger partial charge in [-0.25, -0.2) is 13.4 Å². The minimum atomic E-state index is -3.61. The average molecular weight is 508 g/mol. The molecule has 0 atom stereocenters. The van der Waals surface area contributed by atoms with Crippen molar-refractivity contribution in [1.29, 1.82) is 0 Å². The van der Waals surface area contributed by atoms with Crippen LogP contribution in [0.4, 0.5) is 0 Å². The third-order valence-corrected chi connectivity index (χ3v) is 7.42. The van der Waals surface area contributed by atoms with E-state index in [0.717, 1.165) is 16.9 Å². The summed E-state index contributed by atoms with van der Waals surface area (Å²) < 4.78 is 46.9. The van der Waals surface area contributed by atoms with Gasteiger partial charge in [0.1, 0.15) is 28.8 Å². The molecule has 3 aromatic heterocycles. The fourth-order valence-electron chi connectivity index (χ4n) is 4.24. The van der Waals surface area contributed by atoms with Crippen LogP contribution < -0.4 is 9.47 Å². The van der Waals surface area contributed by atoms with E-state index in [1.165, 1.54) is 20.5 Å². The summed E-state index contributed by atoms with van der Waals surface area (Å²) in [5.41, 5.74) is 2.21. The molecular weight excluding hydrogens is 482 g/mol. The second-order valence-electron chi connectivity index (χ2n) is 8.16. The van der Waals surface area contributed by atoms with Crippen LogP contribution in [0.3, 0.4) is 0 Å². The summed E-state index contributed by atoms with van der Waals surface area (Å²) in [6.07, 6.45) is 1.52. The van der Waals surface area contributed by atoms with E-state index in [4.69, 9.17) is 13.9 Å². The van der Waals surface area contributed by atoms with Gasteiger partial charge in [0.15, 0.2) is 21.4 Å². The number of aryl methyl sites for hydroxylation is 2. The van der Waals surface area contributed by atoms with Crippen LogP contribution >= 0.6 is 0 Å². The van der Waals surface area contributed by atoms with Crippen LogP contribution in [-0.4, -0.2) is 52.7 Å². The van der Waals surface area contributed by atoms with E-state index in [2.05, 4.69) is 15.2 Å². The first-order chi connectivity index (χ1) is 17.4. The first-order valence-electron chi connectivity index (χ1n) is 11.2. The van der Waals surface area contributed by atoms with Crippen molar-refractivity contribution < 1.29 is 22.3 Å². The number of fused-ring (bicyclic) bond motifs is 1. The van der Waals surface area contributed by atoms with Crippen LogP contribution in [0, 0.1) is 6.92 Å². The lowest BCUT2D eigenvalue weighted by Crippen LogP contribution is -2.18. The summed E-state index contributed by atoms with van der Waals surface area (Å²) in [7, 11) is -0.543. The first-order valence-corrected chi connectivity index (χ1v) is 13.1. The predicted octanol–water partition coefficient (Wildman–Crippen LogP) is 3.82. The number of benzene rings is 2. The van der Waals surface area contributed by atoms with Gasteiger partial charge >= 0.3 is 0 Å². The van der Waals surface area contributed by atoms with Gasteiger partial charge < -0.3 is 18.5 Å². The molecule has 0 aliphatic heterocycles. The van der Waals surface area contributed by atoms with Gasteiger partial charge in [-0.2, -0.15) is 0 Å². The lowest BCUT2D eigenvalue weighted by molar-refractivity contribution is 0.390. The molecule has 10 nitrogen and oxygen atoms in total. The number of imidazole rings is 1. The minimum absolute atomic E-state index is 0.0970. The molecule has 36 heavy (non-hydrogen) atoms. The largest absolute Gasteiger partial charge is 0.494 e. The first kappa shape index (κ1) is 23.6. The van der Waals surface area contributed by atoms with Crippen LogP contribution in [0.15, 0.2) is 65.3 Å². The highest BCUT2D eigenvalue weighted by molar-refractivity contribution is 7.90. The Labute approximate surface area is 208 Å². The number of methoxy groups -OCH3 is 2. The summed E-state index contributed by atoms with van der Waals surface area (Å²) >= 11 is 0. The number of para-hydroxylation sites is 3. The molecule has 11 heteroatoms. The highest BCUT2D eigenvalue weighted by Gasteiger charge is 2.26. The Kier molecular flexibility index (Phi) is 6.23. The van der Waals surface area contributed by atoms with Crippen molar-refractivity contribution in [2.75, 3.05) is 20.0 Å².